The van der Waals surface area contributed by atoms with Crippen molar-refractivity contribution in [3.8, 4) is 0 Å². The molecule has 8 atom stereocenters. The van der Waals surface area contributed by atoms with E-state index in [1.807, 2.05) is 72.9 Å². The van der Waals surface area contributed by atoms with Crippen LogP contribution in [0.5, 0.6) is 0 Å². The number of aliphatic hydroxyl groups is 5. The minimum Gasteiger partial charge on any atom is -0.454 e. The quantitative estimate of drug-likeness (QED) is 0.0149. The zero-order valence-electron chi connectivity index (χ0n) is 45.0. The van der Waals surface area contributed by atoms with Gasteiger partial charge in [-0.2, -0.15) is 0 Å². The molecular weight excluding hydrogens is 907 g/mol. The first-order valence-corrected chi connectivity index (χ1v) is 28.2. The molecule has 72 heavy (non-hydrogen) atoms. The van der Waals surface area contributed by atoms with Crippen molar-refractivity contribution in [2.45, 2.75) is 250 Å². The summed E-state index contributed by atoms with van der Waals surface area (Å²) in [5, 5.41) is 56.7. The summed E-state index contributed by atoms with van der Waals surface area (Å²) >= 11 is 0. The molecule has 1 saturated heterocycles. The second kappa shape index (κ2) is 48.3. The number of rotatable bonds is 45. The maximum Gasteiger partial charge on any atom is 0.306 e. The Morgan fingerprint density at radius 1 is 0.569 bits per heavy atom. The van der Waals surface area contributed by atoms with Crippen molar-refractivity contribution >= 4 is 11.9 Å². The SMILES string of the molecule is CC\C=C/C=C/C=C/C=C\C=C\C=C\CCCCC(O)C(=O)NC(COC1OC(CO)C(O)C(O)C1OC(=O)CCCCCCCCC/C=C/C/C=C/CC)C(O)/C=C/CCCCCCCCCCCCC. The van der Waals surface area contributed by atoms with E-state index >= 15 is 0 Å². The Labute approximate surface area is 437 Å². The molecule has 6 N–H and O–H groups in total. The predicted molar refractivity (Wildman–Crippen MR) is 296 cm³/mol. The van der Waals surface area contributed by atoms with E-state index in [9.17, 15) is 35.1 Å². The van der Waals surface area contributed by atoms with Crippen LogP contribution in [0.15, 0.2) is 109 Å². The molecule has 11 nitrogen and oxygen atoms in total. The maximum atomic E-state index is 13.4. The van der Waals surface area contributed by atoms with Gasteiger partial charge in [-0.15, -0.1) is 0 Å². The third kappa shape index (κ3) is 36.3. The van der Waals surface area contributed by atoms with Crippen LogP contribution in [-0.4, -0.2) is 99.6 Å². The summed E-state index contributed by atoms with van der Waals surface area (Å²) in [6, 6.07) is -1.06. The highest BCUT2D eigenvalue weighted by Crippen LogP contribution is 2.26. The van der Waals surface area contributed by atoms with E-state index in [0.717, 1.165) is 96.3 Å². The summed E-state index contributed by atoms with van der Waals surface area (Å²) in [5.41, 5.74) is 0. The average molecular weight is 1010 g/mol. The number of allylic oxidation sites excluding steroid dienone is 17. The predicted octanol–water partition coefficient (Wildman–Crippen LogP) is 12.5. The van der Waals surface area contributed by atoms with Gasteiger partial charge in [0.15, 0.2) is 12.4 Å². The second-order valence-electron chi connectivity index (χ2n) is 19.1. The number of ether oxygens (including phenoxy) is 3. The van der Waals surface area contributed by atoms with Crippen LogP contribution in [0.3, 0.4) is 0 Å². The number of unbranched alkanes of at least 4 members (excludes halogenated alkanes) is 20. The van der Waals surface area contributed by atoms with Gasteiger partial charge in [-0.05, 0) is 70.6 Å². The molecule has 0 aliphatic carbocycles. The molecule has 11 heteroatoms. The molecule has 0 bridgehead atoms. The molecule has 0 aromatic rings. The van der Waals surface area contributed by atoms with E-state index in [0.29, 0.717) is 12.8 Å². The highest BCUT2D eigenvalue weighted by atomic mass is 16.7. The van der Waals surface area contributed by atoms with E-state index in [1.165, 1.54) is 57.8 Å². The number of nitrogens with one attached hydrogen (secondary N) is 1. The molecule has 0 spiro atoms. The summed E-state index contributed by atoms with van der Waals surface area (Å²) < 4.78 is 17.5. The minimum atomic E-state index is -1.63. The average Bonchev–Trinajstić information content (AvgIpc) is 3.38. The number of esters is 1. The van der Waals surface area contributed by atoms with E-state index in [4.69, 9.17) is 14.2 Å². The van der Waals surface area contributed by atoms with E-state index in [2.05, 4.69) is 56.5 Å². The smallest absolute Gasteiger partial charge is 0.306 e. The van der Waals surface area contributed by atoms with Crippen LogP contribution in [-0.2, 0) is 23.8 Å². The fraction of sp³-hybridized carbons (Fsp3) is 0.672. The molecule has 0 aromatic carbocycles. The number of aliphatic hydroxyl groups excluding tert-OH is 5. The van der Waals surface area contributed by atoms with Gasteiger partial charge in [0.05, 0.1) is 25.4 Å². The van der Waals surface area contributed by atoms with Crippen LogP contribution >= 0.6 is 0 Å². The second-order valence-corrected chi connectivity index (χ2v) is 19.1. The summed E-state index contributed by atoms with van der Waals surface area (Å²) in [4.78, 5) is 26.4. The molecule has 8 unspecified atom stereocenters. The molecule has 1 fully saturated rings. The number of hydrogen-bond acceptors (Lipinski definition) is 10. The highest BCUT2D eigenvalue weighted by molar-refractivity contribution is 5.80. The summed E-state index contributed by atoms with van der Waals surface area (Å²) in [6.45, 7) is 5.48. The van der Waals surface area contributed by atoms with Crippen LogP contribution < -0.4 is 5.32 Å². The Hall–Kier alpha value is -3.68. The lowest BCUT2D eigenvalue weighted by Gasteiger charge is -2.41. The van der Waals surface area contributed by atoms with Crippen LogP contribution in [0.2, 0.25) is 0 Å². The lowest BCUT2D eigenvalue weighted by atomic mass is 9.99. The van der Waals surface area contributed by atoms with Gasteiger partial charge >= 0.3 is 5.97 Å². The Balaban J connectivity index is 2.81. The summed E-state index contributed by atoms with van der Waals surface area (Å²) in [7, 11) is 0. The lowest BCUT2D eigenvalue weighted by molar-refractivity contribution is -0.305. The molecule has 0 radical (unpaired) electrons. The van der Waals surface area contributed by atoms with Crippen molar-refractivity contribution in [2.24, 2.45) is 0 Å². The topological polar surface area (TPSA) is 175 Å². The molecule has 1 heterocycles. The number of hydrogen-bond donors (Lipinski definition) is 6. The van der Waals surface area contributed by atoms with Crippen molar-refractivity contribution in [3.05, 3.63) is 109 Å². The third-order valence-corrected chi connectivity index (χ3v) is 12.6. The van der Waals surface area contributed by atoms with Crippen LogP contribution in [0.25, 0.3) is 0 Å². The van der Waals surface area contributed by atoms with Gasteiger partial charge in [0.25, 0.3) is 0 Å². The summed E-state index contributed by atoms with van der Waals surface area (Å²) in [5.74, 6) is -1.26. The largest absolute Gasteiger partial charge is 0.454 e. The Morgan fingerprint density at radius 3 is 1.65 bits per heavy atom. The van der Waals surface area contributed by atoms with Gasteiger partial charge in [-0.3, -0.25) is 9.59 Å². The monoisotopic (exact) mass is 1010 g/mol. The molecule has 1 amide bonds. The van der Waals surface area contributed by atoms with Gasteiger partial charge in [0.1, 0.15) is 24.4 Å². The Morgan fingerprint density at radius 2 is 1.07 bits per heavy atom. The zero-order chi connectivity index (χ0) is 52.5. The van der Waals surface area contributed by atoms with Crippen molar-refractivity contribution < 1.29 is 49.3 Å². The molecular formula is C61H101NO10. The minimum absolute atomic E-state index is 0.102. The van der Waals surface area contributed by atoms with Crippen LogP contribution in [0.4, 0.5) is 0 Å². The third-order valence-electron chi connectivity index (χ3n) is 12.6. The Bertz CT molecular complexity index is 1580. The van der Waals surface area contributed by atoms with Crippen molar-refractivity contribution in [1.82, 2.24) is 5.32 Å². The first-order valence-electron chi connectivity index (χ1n) is 28.2. The standard InChI is InChI=1S/C61H101NO10/c1-4-7-10-13-16-19-22-25-27-28-30-33-36-39-42-45-48-54(65)60(69)62-52(53(64)47-44-41-38-35-32-29-24-21-18-15-12-9-6-3)51-70-61-59(58(68)57(67)55(50-63)71-61)72-56(66)49-46-43-40-37-34-31-26-23-20-17-14-11-8-5-2/h7-8,10-11,13,16-17,19-20,22,25,27-28,30,33,36,44,47,52-55,57-59,61,63-65,67-68H,4-6,9,12,14-15,18,21,23-24,26,29,31-32,34-35,37-43,45-46,48-51H2,1-3H3,(H,62,69)/b10-7-,11-8+,16-13+,20-17+,22-19+,27-25-,30-28+,36-33+,47-44+. The van der Waals surface area contributed by atoms with Crippen LogP contribution in [0.1, 0.15) is 201 Å². The molecule has 0 saturated carbocycles. The van der Waals surface area contributed by atoms with Gasteiger partial charge in [0.2, 0.25) is 5.91 Å². The highest BCUT2D eigenvalue weighted by Gasteiger charge is 2.47. The summed E-state index contributed by atoms with van der Waals surface area (Å²) in [6.07, 6.45) is 54.1. The lowest BCUT2D eigenvalue weighted by Crippen LogP contribution is -2.61. The van der Waals surface area contributed by atoms with Crippen molar-refractivity contribution in [3.63, 3.8) is 0 Å². The van der Waals surface area contributed by atoms with Crippen molar-refractivity contribution in [2.75, 3.05) is 13.2 Å². The van der Waals surface area contributed by atoms with Gasteiger partial charge in [-0.25, -0.2) is 0 Å². The zero-order valence-corrected chi connectivity index (χ0v) is 45.0. The molecule has 0 aromatic heterocycles. The maximum absolute atomic E-state index is 13.4. The fourth-order valence-corrected chi connectivity index (χ4v) is 8.13. The van der Waals surface area contributed by atoms with Crippen molar-refractivity contribution in [1.29, 1.82) is 0 Å². The molecule has 1 aliphatic heterocycles. The molecule has 1 aliphatic rings. The number of carbonyl (C=O) groups excluding carboxylic acids is 2. The number of amides is 1. The Kier molecular flexibility index (Phi) is 44.5. The van der Waals surface area contributed by atoms with E-state index < -0.39 is 67.4 Å². The van der Waals surface area contributed by atoms with E-state index in [-0.39, 0.29) is 19.4 Å². The molecule has 410 valence electrons. The van der Waals surface area contributed by atoms with Crippen LogP contribution in [0, 0.1) is 0 Å². The normalized spacial score (nSPS) is 20.4. The fourth-order valence-electron chi connectivity index (χ4n) is 8.13. The molecule has 1 rings (SSSR count). The first kappa shape index (κ1) is 66.3. The van der Waals surface area contributed by atoms with Gasteiger partial charge < -0.3 is 45.1 Å². The van der Waals surface area contributed by atoms with Gasteiger partial charge in [0, 0.05) is 6.42 Å². The number of carbonyl (C=O) groups is 2. The van der Waals surface area contributed by atoms with Gasteiger partial charge in [-0.1, -0.05) is 233 Å². The first-order chi connectivity index (χ1) is 35.2. The van der Waals surface area contributed by atoms with E-state index in [1.54, 1.807) is 6.08 Å².